The van der Waals surface area contributed by atoms with E-state index in [1.54, 1.807) is 0 Å². The van der Waals surface area contributed by atoms with Gasteiger partial charge in [-0.1, -0.05) is 15.9 Å². The molecule has 0 atom stereocenters. The molecule has 3 nitrogen and oxygen atoms in total. The second-order valence-corrected chi connectivity index (χ2v) is 5.01. The number of rotatable bonds is 2. The summed E-state index contributed by atoms with van der Waals surface area (Å²) in [6.07, 6.45) is -4.75. The summed E-state index contributed by atoms with van der Waals surface area (Å²) in [6.45, 7) is 0. The van der Waals surface area contributed by atoms with Crippen molar-refractivity contribution in [2.24, 2.45) is 0 Å². The summed E-state index contributed by atoms with van der Waals surface area (Å²) in [5, 5.41) is 0. The summed E-state index contributed by atoms with van der Waals surface area (Å²) in [4.78, 5) is 23.3. The Balaban J connectivity index is 2.45. The molecule has 0 amide bonds. The second kappa shape index (κ2) is 4.96. The number of hydrogen-bond acceptors (Lipinski definition) is 3. The van der Waals surface area contributed by atoms with Crippen LogP contribution >= 0.6 is 15.9 Å². The highest BCUT2D eigenvalue weighted by molar-refractivity contribution is 9.10. The van der Waals surface area contributed by atoms with E-state index in [-0.39, 0.29) is 30.0 Å². The number of hydrogen-bond donors (Lipinski definition) is 0. The van der Waals surface area contributed by atoms with Gasteiger partial charge in [-0.2, -0.15) is 0 Å². The van der Waals surface area contributed by atoms with E-state index in [4.69, 9.17) is 0 Å². The van der Waals surface area contributed by atoms with Crippen LogP contribution in [0, 0.1) is 0 Å². The van der Waals surface area contributed by atoms with Crippen LogP contribution in [0.2, 0.25) is 0 Å². The van der Waals surface area contributed by atoms with Crippen molar-refractivity contribution >= 4 is 27.5 Å². The summed E-state index contributed by atoms with van der Waals surface area (Å²) in [7, 11) is 0. The van der Waals surface area contributed by atoms with E-state index in [9.17, 15) is 22.8 Å². The van der Waals surface area contributed by atoms with Crippen LogP contribution in [-0.2, 0) is 9.59 Å². The van der Waals surface area contributed by atoms with Crippen molar-refractivity contribution in [3.8, 4) is 5.75 Å². The molecule has 0 radical (unpaired) electrons. The van der Waals surface area contributed by atoms with Crippen molar-refractivity contribution in [2.45, 2.75) is 25.1 Å². The fraction of sp³-hybridized carbons (Fsp3) is 0.333. The van der Waals surface area contributed by atoms with Gasteiger partial charge in [0.15, 0.2) is 0 Å². The monoisotopic (exact) mass is 336 g/mol. The highest BCUT2D eigenvalue weighted by atomic mass is 79.9. The molecule has 0 unspecified atom stereocenters. The van der Waals surface area contributed by atoms with Crippen LogP contribution in [0.15, 0.2) is 22.7 Å². The number of ketones is 2. The normalized spacial score (nSPS) is 17.1. The molecule has 0 heterocycles. The van der Waals surface area contributed by atoms with E-state index < -0.39 is 18.0 Å². The van der Waals surface area contributed by atoms with Gasteiger partial charge in [-0.05, 0) is 18.2 Å². The first-order valence-electron chi connectivity index (χ1n) is 5.38. The first kappa shape index (κ1) is 14.0. The summed E-state index contributed by atoms with van der Waals surface area (Å²) >= 11 is 3.10. The Bertz CT molecular complexity index is 524. The van der Waals surface area contributed by atoms with Crippen molar-refractivity contribution in [1.29, 1.82) is 0 Å². The first-order valence-corrected chi connectivity index (χ1v) is 6.18. The molecule has 1 saturated carbocycles. The van der Waals surface area contributed by atoms with E-state index in [1.807, 2.05) is 0 Å². The molecule has 102 valence electrons. The van der Waals surface area contributed by atoms with Gasteiger partial charge in [0.05, 0.1) is 0 Å². The smallest absolute Gasteiger partial charge is 0.405 e. The van der Waals surface area contributed by atoms with E-state index in [0.717, 1.165) is 6.07 Å². The minimum atomic E-state index is -4.87. The van der Waals surface area contributed by atoms with Crippen LogP contribution in [0.4, 0.5) is 13.2 Å². The molecular formula is C12H8BrF3O3. The number of carbonyl (C=O) groups is 2. The third-order valence-corrected chi connectivity index (χ3v) is 3.26. The molecule has 1 aromatic rings. The molecule has 7 heteroatoms. The average molecular weight is 337 g/mol. The zero-order valence-corrected chi connectivity index (χ0v) is 11.0. The molecule has 0 aromatic heterocycles. The Morgan fingerprint density at radius 1 is 1.16 bits per heavy atom. The number of benzene rings is 1. The van der Waals surface area contributed by atoms with Crippen molar-refractivity contribution in [3.05, 3.63) is 28.2 Å². The minimum Gasteiger partial charge on any atom is -0.405 e. The predicted molar refractivity (Wildman–Crippen MR) is 62.8 cm³/mol. The first-order chi connectivity index (χ1) is 8.78. The van der Waals surface area contributed by atoms with Gasteiger partial charge in [0.25, 0.3) is 0 Å². The Labute approximate surface area is 114 Å². The molecule has 0 aliphatic heterocycles. The highest BCUT2D eigenvalue weighted by Gasteiger charge is 2.39. The number of carbonyl (C=O) groups excluding carboxylic acids is 2. The molecule has 1 aliphatic rings. The molecule has 1 fully saturated rings. The Morgan fingerprint density at radius 3 is 2.26 bits per heavy atom. The molecule has 0 saturated heterocycles. The van der Waals surface area contributed by atoms with Gasteiger partial charge < -0.3 is 4.74 Å². The third kappa shape index (κ3) is 3.15. The Morgan fingerprint density at radius 2 is 1.74 bits per heavy atom. The van der Waals surface area contributed by atoms with Crippen molar-refractivity contribution in [1.82, 2.24) is 0 Å². The van der Waals surface area contributed by atoms with Crippen LogP contribution in [0.25, 0.3) is 0 Å². The lowest BCUT2D eigenvalue weighted by atomic mass is 9.95. The largest absolute Gasteiger partial charge is 0.573 e. The lowest BCUT2D eigenvalue weighted by Gasteiger charge is -2.16. The highest BCUT2D eigenvalue weighted by Crippen LogP contribution is 2.38. The quantitative estimate of drug-likeness (QED) is 0.778. The van der Waals surface area contributed by atoms with Gasteiger partial charge in [0, 0.05) is 22.9 Å². The maximum Gasteiger partial charge on any atom is 0.573 e. The standard InChI is InChI=1S/C12H8BrF3O3/c13-6-1-4-10(19-12(14,15)16)7(5-6)11-8(17)2-3-9(11)18/h1,4-5,11H,2-3H2. The van der Waals surface area contributed by atoms with Crippen LogP contribution in [-0.4, -0.2) is 17.9 Å². The molecule has 0 spiro atoms. The predicted octanol–water partition coefficient (Wildman–Crippen LogP) is 3.36. The van der Waals surface area contributed by atoms with Crippen LogP contribution in [0.5, 0.6) is 5.75 Å². The van der Waals surface area contributed by atoms with E-state index in [1.165, 1.54) is 12.1 Å². The van der Waals surface area contributed by atoms with Crippen molar-refractivity contribution in [3.63, 3.8) is 0 Å². The van der Waals surface area contributed by atoms with Gasteiger partial charge >= 0.3 is 6.36 Å². The Hall–Kier alpha value is -1.37. The van der Waals surface area contributed by atoms with Gasteiger partial charge in [0.1, 0.15) is 23.2 Å². The van der Waals surface area contributed by atoms with E-state index in [2.05, 4.69) is 20.7 Å². The van der Waals surface area contributed by atoms with Gasteiger partial charge in [0.2, 0.25) is 0 Å². The van der Waals surface area contributed by atoms with Crippen LogP contribution in [0.1, 0.15) is 24.3 Å². The fourth-order valence-corrected chi connectivity index (χ4v) is 2.40. The molecule has 2 rings (SSSR count). The summed E-state index contributed by atoms with van der Waals surface area (Å²) in [5.41, 5.74) is -0.0424. The molecule has 0 N–H and O–H groups in total. The lowest BCUT2D eigenvalue weighted by molar-refractivity contribution is -0.275. The van der Waals surface area contributed by atoms with Gasteiger partial charge in [-0.3, -0.25) is 9.59 Å². The SMILES string of the molecule is O=C1CCC(=O)C1c1cc(Br)ccc1OC(F)(F)F. The summed E-state index contributed by atoms with van der Waals surface area (Å²) in [5.74, 6) is -2.43. The number of halogens is 4. The van der Waals surface area contributed by atoms with E-state index >= 15 is 0 Å². The average Bonchev–Trinajstić information content (AvgIpc) is 2.60. The lowest BCUT2D eigenvalue weighted by Crippen LogP contribution is -2.20. The van der Waals surface area contributed by atoms with Gasteiger partial charge in [-0.15, -0.1) is 13.2 Å². The van der Waals surface area contributed by atoms with Crippen molar-refractivity contribution in [2.75, 3.05) is 0 Å². The molecule has 19 heavy (non-hydrogen) atoms. The number of alkyl halides is 3. The second-order valence-electron chi connectivity index (χ2n) is 4.10. The maximum absolute atomic E-state index is 12.3. The van der Waals surface area contributed by atoms with E-state index in [0.29, 0.717) is 4.47 Å². The molecule has 1 aromatic carbocycles. The zero-order chi connectivity index (χ0) is 14.2. The summed E-state index contributed by atoms with van der Waals surface area (Å²) in [6, 6.07) is 3.76. The fourth-order valence-electron chi connectivity index (χ4n) is 2.02. The maximum atomic E-state index is 12.3. The molecular weight excluding hydrogens is 329 g/mol. The Kier molecular flexibility index (Phi) is 3.66. The van der Waals surface area contributed by atoms with Crippen molar-refractivity contribution < 1.29 is 27.5 Å². The number of Topliss-reactive ketones (excluding diaryl/α,β-unsaturated/α-hetero) is 2. The molecule has 0 bridgehead atoms. The minimum absolute atomic E-state index is 0.0424. The summed E-state index contributed by atoms with van der Waals surface area (Å²) < 4.78 is 41.2. The van der Waals surface area contributed by atoms with Gasteiger partial charge in [-0.25, -0.2) is 0 Å². The van der Waals surface area contributed by atoms with Crippen LogP contribution in [0.3, 0.4) is 0 Å². The van der Waals surface area contributed by atoms with Crippen LogP contribution < -0.4 is 4.74 Å². The third-order valence-electron chi connectivity index (χ3n) is 2.77. The zero-order valence-electron chi connectivity index (χ0n) is 9.46. The number of ether oxygens (including phenoxy) is 1. The molecule has 1 aliphatic carbocycles. The topological polar surface area (TPSA) is 43.4 Å².